The van der Waals surface area contributed by atoms with Crippen LogP contribution in [0.15, 0.2) is 67.1 Å². The van der Waals surface area contributed by atoms with Crippen molar-refractivity contribution in [3.63, 3.8) is 0 Å². The van der Waals surface area contributed by atoms with Gasteiger partial charge in [-0.2, -0.15) is 5.26 Å². The van der Waals surface area contributed by atoms with E-state index >= 15 is 0 Å². The number of nitriles is 1. The molecule has 0 aliphatic carbocycles. The number of hydrogen-bond acceptors (Lipinski definition) is 9. The number of amides is 1. The fourth-order valence-electron chi connectivity index (χ4n) is 4.87. The summed E-state index contributed by atoms with van der Waals surface area (Å²) in [6.45, 7) is 2.02. The van der Waals surface area contributed by atoms with Crippen molar-refractivity contribution < 1.29 is 19.0 Å². The van der Waals surface area contributed by atoms with Crippen molar-refractivity contribution in [2.45, 2.75) is 12.5 Å². The monoisotopic (exact) mass is 553 g/mol. The second-order valence-electron chi connectivity index (χ2n) is 9.41. The van der Waals surface area contributed by atoms with E-state index < -0.39 is 11.7 Å². The first-order chi connectivity index (χ1) is 20.0. The molecule has 5 rings (SSSR count). The summed E-state index contributed by atoms with van der Waals surface area (Å²) in [6.07, 6.45) is 5.19. The van der Waals surface area contributed by atoms with Crippen LogP contribution in [0.4, 0.5) is 15.8 Å². The van der Waals surface area contributed by atoms with E-state index in [0.29, 0.717) is 42.9 Å². The number of rotatable bonds is 8. The molecule has 1 saturated heterocycles. The first kappa shape index (κ1) is 27.6. The van der Waals surface area contributed by atoms with Crippen molar-refractivity contribution in [1.82, 2.24) is 20.3 Å². The molecule has 0 unspecified atom stereocenters. The predicted molar refractivity (Wildman–Crippen MR) is 152 cm³/mol. The highest BCUT2D eigenvalue weighted by atomic mass is 19.1. The Kier molecular flexibility index (Phi) is 8.43. The number of pyridine rings is 1. The molecule has 1 amide bonds. The van der Waals surface area contributed by atoms with E-state index in [-0.39, 0.29) is 35.5 Å². The van der Waals surface area contributed by atoms with E-state index in [0.717, 1.165) is 11.3 Å². The lowest BCUT2D eigenvalue weighted by atomic mass is 10.0. The van der Waals surface area contributed by atoms with Crippen LogP contribution in [0.3, 0.4) is 0 Å². The molecule has 0 radical (unpaired) electrons. The van der Waals surface area contributed by atoms with Gasteiger partial charge in [0.15, 0.2) is 5.82 Å². The number of halogens is 1. The zero-order chi connectivity index (χ0) is 28.8. The Bertz CT molecular complexity index is 1610. The molecule has 3 N–H and O–H groups in total. The topological polar surface area (TPSA) is 136 Å². The molecule has 10 nitrogen and oxygen atoms in total. The Balaban J connectivity index is 1.51. The molecule has 41 heavy (non-hydrogen) atoms. The smallest absolute Gasteiger partial charge is 0.274 e. The SMILES string of the molecule is COc1cccc(F)c1-c1nccc(C(=O)Nc2ccc(-c3cnccc3C#N)cc2N2CCN[C@@H](CCO)C2)n1. The zero-order valence-corrected chi connectivity index (χ0v) is 22.3. The van der Waals surface area contributed by atoms with Crippen molar-refractivity contribution in [2.75, 3.05) is 43.6 Å². The van der Waals surface area contributed by atoms with E-state index in [1.54, 1.807) is 30.6 Å². The van der Waals surface area contributed by atoms with Gasteiger partial charge in [0.05, 0.1) is 35.7 Å². The molecular weight excluding hydrogens is 525 g/mol. The lowest BCUT2D eigenvalue weighted by Crippen LogP contribution is -2.51. The average Bonchev–Trinajstić information content (AvgIpc) is 3.01. The lowest BCUT2D eigenvalue weighted by molar-refractivity contribution is 0.102. The Morgan fingerprint density at radius 1 is 1.27 bits per heavy atom. The molecule has 11 heteroatoms. The fourth-order valence-corrected chi connectivity index (χ4v) is 4.87. The van der Waals surface area contributed by atoms with Crippen LogP contribution < -0.4 is 20.3 Å². The Hall–Kier alpha value is -4.92. The maximum absolute atomic E-state index is 14.7. The Morgan fingerprint density at radius 2 is 2.15 bits per heavy atom. The third kappa shape index (κ3) is 5.99. The number of carbonyl (C=O) groups excluding carboxylic acids is 1. The molecule has 0 bridgehead atoms. The quantitative estimate of drug-likeness (QED) is 0.299. The highest BCUT2D eigenvalue weighted by molar-refractivity contribution is 6.05. The molecule has 0 spiro atoms. The molecule has 4 aromatic rings. The van der Waals surface area contributed by atoms with Gasteiger partial charge in [-0.3, -0.25) is 9.78 Å². The number of nitrogens with zero attached hydrogens (tertiary/aromatic N) is 5. The number of aliphatic hydroxyl groups is 1. The average molecular weight is 554 g/mol. The van der Waals surface area contributed by atoms with Gasteiger partial charge in [0.1, 0.15) is 17.3 Å². The van der Waals surface area contributed by atoms with Crippen LogP contribution in [0.25, 0.3) is 22.5 Å². The van der Waals surface area contributed by atoms with Gasteiger partial charge in [-0.25, -0.2) is 14.4 Å². The number of anilines is 2. The summed E-state index contributed by atoms with van der Waals surface area (Å²) in [6, 6.07) is 15.3. The number of nitrogens with one attached hydrogen (secondary N) is 2. The van der Waals surface area contributed by atoms with Crippen molar-refractivity contribution >= 4 is 17.3 Å². The number of benzene rings is 2. The molecule has 2 aromatic heterocycles. The van der Waals surface area contributed by atoms with Gasteiger partial charge in [-0.1, -0.05) is 12.1 Å². The summed E-state index contributed by atoms with van der Waals surface area (Å²) < 4.78 is 19.9. The number of aromatic nitrogens is 3. The van der Waals surface area contributed by atoms with E-state index in [4.69, 9.17) is 4.74 Å². The van der Waals surface area contributed by atoms with Crippen molar-refractivity contribution in [2.24, 2.45) is 0 Å². The summed E-state index contributed by atoms with van der Waals surface area (Å²) in [7, 11) is 1.42. The third-order valence-corrected chi connectivity index (χ3v) is 6.88. The highest BCUT2D eigenvalue weighted by Gasteiger charge is 2.24. The third-order valence-electron chi connectivity index (χ3n) is 6.88. The number of aliphatic hydroxyl groups excluding tert-OH is 1. The summed E-state index contributed by atoms with van der Waals surface area (Å²) >= 11 is 0. The molecule has 0 saturated carbocycles. The van der Waals surface area contributed by atoms with E-state index in [9.17, 15) is 19.6 Å². The van der Waals surface area contributed by atoms with Gasteiger partial charge in [0.25, 0.3) is 5.91 Å². The minimum absolute atomic E-state index is 0.0257. The molecule has 1 aliphatic heterocycles. The standard InChI is InChI=1S/C30H28FN7O3/c1-41-27-4-2-3-23(31)28(27)29-35-11-8-25(36-29)30(40)37-24-6-5-19(22-17-33-10-7-20(22)16-32)15-26(24)38-13-12-34-21(18-38)9-14-39/h2-8,10-11,15,17,21,34,39H,9,12-14,18H2,1H3,(H,37,40)/t21-/m0/s1. The lowest BCUT2D eigenvalue weighted by Gasteiger charge is -2.36. The molecule has 208 valence electrons. The first-order valence-electron chi connectivity index (χ1n) is 13.1. The maximum atomic E-state index is 14.7. The van der Waals surface area contributed by atoms with Crippen molar-refractivity contribution in [3.05, 3.63) is 84.2 Å². The van der Waals surface area contributed by atoms with Gasteiger partial charge in [0, 0.05) is 56.4 Å². The number of methoxy groups -OCH3 is 1. The summed E-state index contributed by atoms with van der Waals surface area (Å²) in [5.41, 5.74) is 3.33. The van der Waals surface area contributed by atoms with Crippen LogP contribution in [0, 0.1) is 17.1 Å². The van der Waals surface area contributed by atoms with Gasteiger partial charge in [-0.05, 0) is 48.4 Å². The molecule has 2 aromatic carbocycles. The van der Waals surface area contributed by atoms with E-state index in [1.165, 1.54) is 31.5 Å². The van der Waals surface area contributed by atoms with Crippen molar-refractivity contribution in [3.8, 4) is 34.3 Å². The number of ether oxygens (including phenoxy) is 1. The van der Waals surface area contributed by atoms with Crippen LogP contribution in [-0.4, -0.2) is 65.4 Å². The summed E-state index contributed by atoms with van der Waals surface area (Å²) in [5.74, 6) is -0.788. The van der Waals surface area contributed by atoms with Crippen LogP contribution in [0.5, 0.6) is 5.75 Å². The van der Waals surface area contributed by atoms with E-state index in [1.807, 2.05) is 12.1 Å². The molecule has 3 heterocycles. The predicted octanol–water partition coefficient (Wildman–Crippen LogP) is 3.64. The molecule has 1 atom stereocenters. The van der Waals surface area contributed by atoms with Gasteiger partial charge < -0.3 is 25.4 Å². The minimum atomic E-state index is -0.567. The highest BCUT2D eigenvalue weighted by Crippen LogP contribution is 2.34. The van der Waals surface area contributed by atoms with Crippen LogP contribution in [0.1, 0.15) is 22.5 Å². The van der Waals surface area contributed by atoms with Crippen molar-refractivity contribution in [1.29, 1.82) is 5.26 Å². The normalized spacial score (nSPS) is 14.8. The molecule has 1 fully saturated rings. The first-order valence-corrected chi connectivity index (χ1v) is 13.1. The fraction of sp³-hybridized carbons (Fsp3) is 0.233. The number of carbonyl (C=O) groups is 1. The Morgan fingerprint density at radius 3 is 2.95 bits per heavy atom. The van der Waals surface area contributed by atoms with E-state index in [2.05, 4.69) is 36.6 Å². The Labute approximate surface area is 236 Å². The second-order valence-corrected chi connectivity index (χ2v) is 9.41. The van der Waals surface area contributed by atoms with Crippen LogP contribution in [0.2, 0.25) is 0 Å². The van der Waals surface area contributed by atoms with Gasteiger partial charge in [0.2, 0.25) is 0 Å². The summed E-state index contributed by atoms with van der Waals surface area (Å²) in [5, 5.41) is 25.5. The number of piperazine rings is 1. The summed E-state index contributed by atoms with van der Waals surface area (Å²) in [4.78, 5) is 28.3. The second kappa shape index (κ2) is 12.5. The molecule has 1 aliphatic rings. The number of hydrogen-bond donors (Lipinski definition) is 3. The molecular formula is C30H28FN7O3. The maximum Gasteiger partial charge on any atom is 0.274 e. The largest absolute Gasteiger partial charge is 0.496 e. The zero-order valence-electron chi connectivity index (χ0n) is 22.3. The van der Waals surface area contributed by atoms with Crippen LogP contribution >= 0.6 is 0 Å². The minimum Gasteiger partial charge on any atom is -0.496 e. The van der Waals surface area contributed by atoms with Crippen LogP contribution in [-0.2, 0) is 0 Å². The van der Waals surface area contributed by atoms with Gasteiger partial charge in [-0.15, -0.1) is 0 Å². The van der Waals surface area contributed by atoms with Gasteiger partial charge >= 0.3 is 0 Å².